The fourth-order valence-electron chi connectivity index (χ4n) is 2.80. The Morgan fingerprint density at radius 2 is 1.88 bits per heavy atom. The summed E-state index contributed by atoms with van der Waals surface area (Å²) in [6, 6.07) is 5.04. The number of hydrogen-bond acceptors (Lipinski definition) is 1. The molecule has 0 atom stereocenters. The Kier molecular flexibility index (Phi) is 1.90. The molecule has 0 saturated heterocycles. The monoisotopic (exact) mass is 233 g/mol. The van der Waals surface area contributed by atoms with Gasteiger partial charge in [0.05, 0.1) is 0 Å². The molecule has 0 fully saturated rings. The van der Waals surface area contributed by atoms with Crippen LogP contribution < -0.4 is 0 Å². The fraction of sp³-hybridized carbons (Fsp3) is 0.357. The predicted molar refractivity (Wildman–Crippen MR) is 63.3 cm³/mol. The standard InChI is InChI=1S/C14H13F2N/c1-13(2)8-14(15,16)10-5-3-4-9-6-17-7-11(13)12(9)10/h3-7H,8H2,1-2H3. The molecule has 3 rings (SSSR count). The fourth-order valence-corrected chi connectivity index (χ4v) is 2.80. The lowest BCUT2D eigenvalue weighted by Crippen LogP contribution is -2.32. The molecule has 0 N–H and O–H groups in total. The second-order valence-electron chi connectivity index (χ2n) is 5.36. The first-order valence-corrected chi connectivity index (χ1v) is 5.67. The van der Waals surface area contributed by atoms with Crippen molar-refractivity contribution in [3.63, 3.8) is 0 Å². The maximum atomic E-state index is 14.1. The SMILES string of the molecule is CC1(C)CC(F)(F)c2cccc3cncc1c23. The van der Waals surface area contributed by atoms with Gasteiger partial charge >= 0.3 is 0 Å². The molecule has 1 aromatic carbocycles. The van der Waals surface area contributed by atoms with Gasteiger partial charge in [-0.15, -0.1) is 0 Å². The van der Waals surface area contributed by atoms with Crippen molar-refractivity contribution < 1.29 is 8.78 Å². The van der Waals surface area contributed by atoms with Crippen LogP contribution in [0.3, 0.4) is 0 Å². The van der Waals surface area contributed by atoms with E-state index in [2.05, 4.69) is 4.98 Å². The van der Waals surface area contributed by atoms with Gasteiger partial charge in [0.25, 0.3) is 5.92 Å². The highest BCUT2D eigenvalue weighted by atomic mass is 19.3. The molecular weight excluding hydrogens is 220 g/mol. The van der Waals surface area contributed by atoms with Crippen LogP contribution >= 0.6 is 0 Å². The smallest absolute Gasteiger partial charge is 0.264 e. The Balaban J connectivity index is 2.50. The van der Waals surface area contributed by atoms with Crippen LogP contribution in [0.1, 0.15) is 31.4 Å². The molecule has 0 amide bonds. The predicted octanol–water partition coefficient (Wildman–Crippen LogP) is 4.01. The van der Waals surface area contributed by atoms with E-state index in [1.807, 2.05) is 19.9 Å². The van der Waals surface area contributed by atoms with Gasteiger partial charge in [-0.05, 0) is 16.4 Å². The number of alkyl halides is 2. The molecule has 0 saturated carbocycles. The van der Waals surface area contributed by atoms with Gasteiger partial charge in [0.2, 0.25) is 0 Å². The third-order valence-corrected chi connectivity index (χ3v) is 3.57. The summed E-state index contributed by atoms with van der Waals surface area (Å²) < 4.78 is 28.3. The molecule has 3 heteroatoms. The molecule has 1 aliphatic rings. The summed E-state index contributed by atoms with van der Waals surface area (Å²) in [7, 11) is 0. The topological polar surface area (TPSA) is 12.9 Å². The molecule has 17 heavy (non-hydrogen) atoms. The maximum absolute atomic E-state index is 14.1. The zero-order chi connectivity index (χ0) is 12.3. The van der Waals surface area contributed by atoms with Gasteiger partial charge in [0.1, 0.15) is 0 Å². The Labute approximate surface area is 98.5 Å². The van der Waals surface area contributed by atoms with E-state index in [0.717, 1.165) is 10.9 Å². The van der Waals surface area contributed by atoms with Crippen LogP contribution in [0.15, 0.2) is 30.6 Å². The molecule has 88 valence electrons. The minimum absolute atomic E-state index is 0.145. The third-order valence-electron chi connectivity index (χ3n) is 3.57. The molecule has 0 spiro atoms. The average Bonchev–Trinajstić information content (AvgIpc) is 2.24. The lowest BCUT2D eigenvalue weighted by atomic mass is 9.71. The lowest BCUT2D eigenvalue weighted by molar-refractivity contribution is -0.0332. The van der Waals surface area contributed by atoms with E-state index in [1.54, 1.807) is 18.5 Å². The van der Waals surface area contributed by atoms with Crippen molar-refractivity contribution >= 4 is 10.8 Å². The molecule has 1 aromatic heterocycles. The summed E-state index contributed by atoms with van der Waals surface area (Å²) in [6.07, 6.45) is 3.22. The van der Waals surface area contributed by atoms with Crippen molar-refractivity contribution in [1.82, 2.24) is 4.98 Å². The van der Waals surface area contributed by atoms with Crippen LogP contribution in [0.5, 0.6) is 0 Å². The summed E-state index contributed by atoms with van der Waals surface area (Å²) in [5.41, 5.74) is 0.535. The lowest BCUT2D eigenvalue weighted by Gasteiger charge is -2.36. The highest BCUT2D eigenvalue weighted by Gasteiger charge is 2.45. The molecule has 1 aliphatic carbocycles. The van der Waals surface area contributed by atoms with E-state index < -0.39 is 11.3 Å². The molecule has 0 aliphatic heterocycles. The number of halogens is 2. The summed E-state index contributed by atoms with van der Waals surface area (Å²) >= 11 is 0. The quantitative estimate of drug-likeness (QED) is 0.670. The molecular formula is C14H13F2N. The number of pyridine rings is 1. The highest BCUT2D eigenvalue weighted by Crippen LogP contribution is 2.50. The summed E-state index contributed by atoms with van der Waals surface area (Å²) in [5, 5.41) is 1.48. The second-order valence-corrected chi connectivity index (χ2v) is 5.36. The van der Waals surface area contributed by atoms with Crippen molar-refractivity contribution in [3.8, 4) is 0 Å². The molecule has 0 radical (unpaired) electrons. The number of benzene rings is 1. The first kappa shape index (κ1) is 10.6. The Morgan fingerprint density at radius 3 is 2.65 bits per heavy atom. The van der Waals surface area contributed by atoms with Crippen LogP contribution in [-0.2, 0) is 11.3 Å². The van der Waals surface area contributed by atoms with E-state index in [9.17, 15) is 8.78 Å². The van der Waals surface area contributed by atoms with E-state index in [4.69, 9.17) is 0 Å². The van der Waals surface area contributed by atoms with Crippen molar-refractivity contribution in [2.75, 3.05) is 0 Å². The highest BCUT2D eigenvalue weighted by molar-refractivity contribution is 5.90. The Morgan fingerprint density at radius 1 is 1.12 bits per heavy atom. The number of hydrogen-bond donors (Lipinski definition) is 0. The van der Waals surface area contributed by atoms with Crippen LogP contribution in [-0.4, -0.2) is 4.98 Å². The average molecular weight is 233 g/mol. The van der Waals surface area contributed by atoms with Gasteiger partial charge in [-0.2, -0.15) is 0 Å². The van der Waals surface area contributed by atoms with Crippen LogP contribution in [0.25, 0.3) is 10.8 Å². The maximum Gasteiger partial charge on any atom is 0.274 e. The van der Waals surface area contributed by atoms with Crippen LogP contribution in [0.2, 0.25) is 0 Å². The van der Waals surface area contributed by atoms with Gasteiger partial charge in [-0.3, -0.25) is 4.98 Å². The van der Waals surface area contributed by atoms with E-state index in [0.29, 0.717) is 5.39 Å². The van der Waals surface area contributed by atoms with Crippen molar-refractivity contribution in [2.45, 2.75) is 31.6 Å². The van der Waals surface area contributed by atoms with Gasteiger partial charge < -0.3 is 0 Å². The first-order chi connectivity index (χ1) is 7.92. The third kappa shape index (κ3) is 1.38. The Hall–Kier alpha value is -1.51. The minimum atomic E-state index is -2.75. The van der Waals surface area contributed by atoms with Crippen molar-refractivity contribution in [1.29, 1.82) is 0 Å². The van der Waals surface area contributed by atoms with Crippen LogP contribution in [0.4, 0.5) is 8.78 Å². The summed E-state index contributed by atoms with van der Waals surface area (Å²) in [6.45, 7) is 3.71. The molecule has 0 unspecified atom stereocenters. The van der Waals surface area contributed by atoms with Crippen molar-refractivity contribution in [2.24, 2.45) is 0 Å². The summed E-state index contributed by atoms with van der Waals surface area (Å²) in [5.74, 6) is -2.75. The minimum Gasteiger partial charge on any atom is -0.264 e. The zero-order valence-electron chi connectivity index (χ0n) is 9.80. The number of aromatic nitrogens is 1. The van der Waals surface area contributed by atoms with E-state index in [1.165, 1.54) is 6.07 Å². The molecule has 1 nitrogen and oxygen atoms in total. The van der Waals surface area contributed by atoms with Gasteiger partial charge in [-0.25, -0.2) is 8.78 Å². The number of rotatable bonds is 0. The number of nitrogens with zero attached hydrogens (tertiary/aromatic N) is 1. The van der Waals surface area contributed by atoms with E-state index >= 15 is 0 Å². The second kappa shape index (κ2) is 3.03. The zero-order valence-corrected chi connectivity index (χ0v) is 9.80. The van der Waals surface area contributed by atoms with Crippen molar-refractivity contribution in [3.05, 3.63) is 41.7 Å². The largest absolute Gasteiger partial charge is 0.274 e. The van der Waals surface area contributed by atoms with Gasteiger partial charge in [0.15, 0.2) is 0 Å². The summed E-state index contributed by atoms with van der Waals surface area (Å²) in [4.78, 5) is 4.16. The normalized spacial score (nSPS) is 20.5. The first-order valence-electron chi connectivity index (χ1n) is 5.67. The van der Waals surface area contributed by atoms with Gasteiger partial charge in [0, 0.05) is 29.8 Å². The molecule has 1 heterocycles. The molecule has 2 aromatic rings. The van der Waals surface area contributed by atoms with Gasteiger partial charge in [-0.1, -0.05) is 32.0 Å². The van der Waals surface area contributed by atoms with Crippen LogP contribution in [0, 0.1) is 0 Å². The Bertz CT molecular complexity index is 553. The van der Waals surface area contributed by atoms with E-state index in [-0.39, 0.29) is 12.0 Å². The molecule has 0 bridgehead atoms.